The zero-order valence-corrected chi connectivity index (χ0v) is 13.1. The van der Waals surface area contributed by atoms with Crippen molar-refractivity contribution in [3.05, 3.63) is 0 Å². The Bertz CT molecular complexity index is 329. The van der Waals surface area contributed by atoms with Gasteiger partial charge in [0.15, 0.2) is 5.96 Å². The molecule has 124 valence electrons. The highest BCUT2D eigenvalue weighted by Gasteiger charge is 2.34. The summed E-state index contributed by atoms with van der Waals surface area (Å²) >= 11 is 0. The number of rotatable bonds is 6. The number of hydrogen-bond acceptors (Lipinski definition) is 2. The Morgan fingerprint density at radius 1 is 1.38 bits per heavy atom. The standard InChI is InChI=1S/C14H27F3N4/c1-11(2)5-4-7-19-13(18-3)20-12-6-8-21(9-12)10-14(15,16)17/h11-12H,4-10H2,1-3H3,(H2,18,19,20). The third-order valence-electron chi connectivity index (χ3n) is 3.49. The van der Waals surface area contributed by atoms with E-state index in [4.69, 9.17) is 0 Å². The first-order valence-corrected chi connectivity index (χ1v) is 7.56. The summed E-state index contributed by atoms with van der Waals surface area (Å²) in [5.74, 6) is 1.35. The largest absolute Gasteiger partial charge is 0.401 e. The van der Waals surface area contributed by atoms with Crippen LogP contribution in [0.25, 0.3) is 0 Å². The Kier molecular flexibility index (Phi) is 7.28. The fourth-order valence-electron chi connectivity index (χ4n) is 2.45. The molecular weight excluding hydrogens is 281 g/mol. The monoisotopic (exact) mass is 308 g/mol. The van der Waals surface area contributed by atoms with Crippen LogP contribution in [0.15, 0.2) is 4.99 Å². The van der Waals surface area contributed by atoms with E-state index in [0.29, 0.717) is 31.4 Å². The smallest absolute Gasteiger partial charge is 0.356 e. The molecule has 1 fully saturated rings. The normalized spacial score (nSPS) is 21.1. The maximum absolute atomic E-state index is 12.3. The van der Waals surface area contributed by atoms with E-state index in [-0.39, 0.29) is 6.04 Å². The average molecular weight is 308 g/mol. The minimum absolute atomic E-state index is 0.0312. The lowest BCUT2D eigenvalue weighted by Crippen LogP contribution is -2.45. The van der Waals surface area contributed by atoms with Gasteiger partial charge in [-0.05, 0) is 25.2 Å². The predicted octanol–water partition coefficient (Wildman–Crippen LogP) is 2.22. The summed E-state index contributed by atoms with van der Waals surface area (Å²) in [7, 11) is 1.68. The van der Waals surface area contributed by atoms with E-state index in [2.05, 4.69) is 29.5 Å². The van der Waals surface area contributed by atoms with Crippen LogP contribution in [0.4, 0.5) is 13.2 Å². The van der Waals surface area contributed by atoms with Crippen molar-refractivity contribution in [2.45, 2.75) is 45.3 Å². The number of guanidine groups is 1. The molecule has 21 heavy (non-hydrogen) atoms. The first-order valence-electron chi connectivity index (χ1n) is 7.56. The molecule has 0 bridgehead atoms. The van der Waals surface area contributed by atoms with E-state index >= 15 is 0 Å². The van der Waals surface area contributed by atoms with Crippen LogP contribution < -0.4 is 10.6 Å². The second kappa shape index (κ2) is 8.46. The maximum Gasteiger partial charge on any atom is 0.401 e. The number of alkyl halides is 3. The Morgan fingerprint density at radius 2 is 2.10 bits per heavy atom. The minimum atomic E-state index is -4.12. The van der Waals surface area contributed by atoms with Gasteiger partial charge in [-0.15, -0.1) is 0 Å². The van der Waals surface area contributed by atoms with Gasteiger partial charge in [-0.3, -0.25) is 9.89 Å². The van der Waals surface area contributed by atoms with Gasteiger partial charge >= 0.3 is 6.18 Å². The van der Waals surface area contributed by atoms with Gasteiger partial charge in [-0.2, -0.15) is 13.2 Å². The molecule has 0 aromatic heterocycles. The third-order valence-corrected chi connectivity index (χ3v) is 3.49. The molecule has 0 spiro atoms. The van der Waals surface area contributed by atoms with Crippen molar-refractivity contribution < 1.29 is 13.2 Å². The molecule has 0 aromatic rings. The highest BCUT2D eigenvalue weighted by Crippen LogP contribution is 2.19. The van der Waals surface area contributed by atoms with E-state index in [0.717, 1.165) is 19.4 Å². The fourth-order valence-corrected chi connectivity index (χ4v) is 2.45. The van der Waals surface area contributed by atoms with Gasteiger partial charge in [0.2, 0.25) is 0 Å². The van der Waals surface area contributed by atoms with E-state index in [9.17, 15) is 13.2 Å². The number of nitrogens with zero attached hydrogens (tertiary/aromatic N) is 2. The molecule has 1 saturated heterocycles. The lowest BCUT2D eigenvalue weighted by Gasteiger charge is -2.20. The molecule has 1 rings (SSSR count). The Morgan fingerprint density at radius 3 is 2.67 bits per heavy atom. The lowest BCUT2D eigenvalue weighted by molar-refractivity contribution is -0.143. The second-order valence-electron chi connectivity index (χ2n) is 6.02. The van der Waals surface area contributed by atoms with Crippen LogP contribution in [0.1, 0.15) is 33.1 Å². The van der Waals surface area contributed by atoms with Crippen LogP contribution in [-0.2, 0) is 0 Å². The number of halogens is 3. The van der Waals surface area contributed by atoms with Gasteiger partial charge in [-0.25, -0.2) is 0 Å². The molecule has 1 heterocycles. The summed E-state index contributed by atoms with van der Waals surface area (Å²) in [5.41, 5.74) is 0. The van der Waals surface area contributed by atoms with Crippen LogP contribution in [0.5, 0.6) is 0 Å². The summed E-state index contributed by atoms with van der Waals surface area (Å²) < 4.78 is 37.0. The van der Waals surface area contributed by atoms with Crippen molar-refractivity contribution in [2.75, 3.05) is 33.2 Å². The fraction of sp³-hybridized carbons (Fsp3) is 0.929. The molecule has 1 atom stereocenters. The Hall–Kier alpha value is -0.980. The number of likely N-dealkylation sites (tertiary alicyclic amines) is 1. The van der Waals surface area contributed by atoms with Gasteiger partial charge in [0.25, 0.3) is 0 Å². The first-order chi connectivity index (χ1) is 9.80. The van der Waals surface area contributed by atoms with Crippen LogP contribution in [0.3, 0.4) is 0 Å². The molecule has 0 amide bonds. The van der Waals surface area contributed by atoms with Crippen LogP contribution in [-0.4, -0.2) is 56.3 Å². The lowest BCUT2D eigenvalue weighted by atomic mass is 10.1. The molecule has 0 aromatic carbocycles. The van der Waals surface area contributed by atoms with Crippen molar-refractivity contribution in [3.8, 4) is 0 Å². The van der Waals surface area contributed by atoms with Crippen molar-refractivity contribution >= 4 is 5.96 Å². The molecule has 4 nitrogen and oxygen atoms in total. The Balaban J connectivity index is 2.25. The summed E-state index contributed by atoms with van der Waals surface area (Å²) in [6, 6.07) is 0.0312. The molecule has 0 aliphatic carbocycles. The van der Waals surface area contributed by atoms with Gasteiger partial charge in [-0.1, -0.05) is 13.8 Å². The minimum Gasteiger partial charge on any atom is -0.356 e. The van der Waals surface area contributed by atoms with Gasteiger partial charge in [0.05, 0.1) is 6.54 Å². The molecular formula is C14H27F3N4. The van der Waals surface area contributed by atoms with Crippen LogP contribution in [0, 0.1) is 5.92 Å². The van der Waals surface area contributed by atoms with E-state index in [1.165, 1.54) is 4.90 Å². The third kappa shape index (κ3) is 8.14. The average Bonchev–Trinajstić information content (AvgIpc) is 2.77. The quantitative estimate of drug-likeness (QED) is 0.449. The summed E-state index contributed by atoms with van der Waals surface area (Å²) in [5, 5.41) is 6.41. The van der Waals surface area contributed by atoms with Crippen molar-refractivity contribution in [2.24, 2.45) is 10.9 Å². The summed E-state index contributed by atoms with van der Waals surface area (Å²) in [4.78, 5) is 5.56. The SMILES string of the molecule is CN=C(NCCCC(C)C)NC1CCN(CC(F)(F)F)C1. The molecule has 0 radical (unpaired) electrons. The van der Waals surface area contributed by atoms with Gasteiger partial charge < -0.3 is 10.6 Å². The van der Waals surface area contributed by atoms with E-state index < -0.39 is 12.7 Å². The summed E-state index contributed by atoms with van der Waals surface area (Å²) in [6.45, 7) is 5.25. The first kappa shape index (κ1) is 18.1. The van der Waals surface area contributed by atoms with E-state index in [1.54, 1.807) is 7.05 Å². The number of hydrogen-bond donors (Lipinski definition) is 2. The maximum atomic E-state index is 12.3. The second-order valence-corrected chi connectivity index (χ2v) is 6.02. The molecule has 0 saturated carbocycles. The van der Waals surface area contributed by atoms with Crippen molar-refractivity contribution in [1.29, 1.82) is 0 Å². The van der Waals surface area contributed by atoms with Crippen LogP contribution >= 0.6 is 0 Å². The summed E-state index contributed by atoms with van der Waals surface area (Å²) in [6.07, 6.45) is -1.20. The molecule has 1 unspecified atom stereocenters. The van der Waals surface area contributed by atoms with Crippen LogP contribution in [0.2, 0.25) is 0 Å². The zero-order chi connectivity index (χ0) is 15.9. The van der Waals surface area contributed by atoms with Crippen molar-refractivity contribution in [1.82, 2.24) is 15.5 Å². The van der Waals surface area contributed by atoms with Crippen molar-refractivity contribution in [3.63, 3.8) is 0 Å². The zero-order valence-electron chi connectivity index (χ0n) is 13.1. The Labute approximate surface area is 125 Å². The van der Waals surface area contributed by atoms with Gasteiger partial charge in [0.1, 0.15) is 0 Å². The van der Waals surface area contributed by atoms with E-state index in [1.807, 2.05) is 0 Å². The molecule has 2 N–H and O–H groups in total. The highest BCUT2D eigenvalue weighted by atomic mass is 19.4. The van der Waals surface area contributed by atoms with Gasteiger partial charge in [0, 0.05) is 32.7 Å². The topological polar surface area (TPSA) is 39.7 Å². The number of aliphatic imine (C=N–C) groups is 1. The highest BCUT2D eigenvalue weighted by molar-refractivity contribution is 5.79. The molecule has 1 aliphatic rings. The number of nitrogens with one attached hydrogen (secondary N) is 2. The molecule has 7 heteroatoms. The molecule has 1 aliphatic heterocycles. The predicted molar refractivity (Wildman–Crippen MR) is 79.5 cm³/mol.